The Bertz CT molecular complexity index is 732. The van der Waals surface area contributed by atoms with Gasteiger partial charge in [-0.15, -0.1) is 0 Å². The topological polar surface area (TPSA) is 32.3 Å². The minimum atomic E-state index is -0.258. The van der Waals surface area contributed by atoms with E-state index in [1.54, 1.807) is 30.3 Å². The molecule has 24 heavy (non-hydrogen) atoms. The molecule has 0 bridgehead atoms. The van der Waals surface area contributed by atoms with Gasteiger partial charge in [-0.2, -0.15) is 0 Å². The van der Waals surface area contributed by atoms with Crippen molar-refractivity contribution in [3.63, 3.8) is 0 Å². The van der Waals surface area contributed by atoms with Gasteiger partial charge in [-0.1, -0.05) is 35.3 Å². The maximum Gasteiger partial charge on any atom is 0.238 e. The molecule has 3 nitrogen and oxygen atoms in total. The Morgan fingerprint density at radius 1 is 1.17 bits per heavy atom. The lowest BCUT2D eigenvalue weighted by atomic mass is 10.2. The van der Waals surface area contributed by atoms with Crippen molar-refractivity contribution in [3.8, 4) is 0 Å². The van der Waals surface area contributed by atoms with E-state index in [0.717, 1.165) is 18.4 Å². The van der Waals surface area contributed by atoms with E-state index < -0.39 is 0 Å². The fourth-order valence-corrected chi connectivity index (χ4v) is 3.00. The first-order valence-electron chi connectivity index (χ1n) is 7.74. The van der Waals surface area contributed by atoms with Gasteiger partial charge in [0, 0.05) is 17.6 Å². The van der Waals surface area contributed by atoms with Crippen LogP contribution in [0.5, 0.6) is 0 Å². The van der Waals surface area contributed by atoms with E-state index in [4.69, 9.17) is 23.2 Å². The second-order valence-corrected chi connectivity index (χ2v) is 6.78. The molecule has 0 heterocycles. The van der Waals surface area contributed by atoms with Crippen molar-refractivity contribution in [2.45, 2.75) is 25.4 Å². The molecule has 1 N–H and O–H groups in total. The molecule has 1 aliphatic carbocycles. The molecule has 3 rings (SSSR count). The Morgan fingerprint density at radius 2 is 1.88 bits per heavy atom. The summed E-state index contributed by atoms with van der Waals surface area (Å²) in [4.78, 5) is 14.4. The van der Waals surface area contributed by atoms with Crippen LogP contribution in [0.1, 0.15) is 18.4 Å². The number of rotatable bonds is 6. The SMILES string of the molecule is O=C(CN(Cc1ccc(F)cc1)C1CC1)Nc1ccc(Cl)cc1Cl. The zero-order chi connectivity index (χ0) is 17.1. The van der Waals surface area contributed by atoms with Gasteiger partial charge in [-0.05, 0) is 48.7 Å². The number of amides is 1. The van der Waals surface area contributed by atoms with Crippen LogP contribution in [0.2, 0.25) is 10.0 Å². The number of anilines is 1. The number of halogens is 3. The van der Waals surface area contributed by atoms with Gasteiger partial charge in [0.05, 0.1) is 17.3 Å². The van der Waals surface area contributed by atoms with Crippen LogP contribution in [0.15, 0.2) is 42.5 Å². The lowest BCUT2D eigenvalue weighted by Crippen LogP contribution is -2.34. The molecule has 1 amide bonds. The Hall–Kier alpha value is -1.62. The predicted molar refractivity (Wildman–Crippen MR) is 94.9 cm³/mol. The van der Waals surface area contributed by atoms with Crippen LogP contribution >= 0.6 is 23.2 Å². The maximum absolute atomic E-state index is 13.0. The van der Waals surface area contributed by atoms with E-state index >= 15 is 0 Å². The molecule has 2 aromatic carbocycles. The number of nitrogens with one attached hydrogen (secondary N) is 1. The van der Waals surface area contributed by atoms with E-state index in [-0.39, 0.29) is 18.3 Å². The summed E-state index contributed by atoms with van der Waals surface area (Å²) >= 11 is 11.9. The van der Waals surface area contributed by atoms with Gasteiger partial charge < -0.3 is 5.32 Å². The van der Waals surface area contributed by atoms with Crippen LogP contribution in [-0.2, 0) is 11.3 Å². The van der Waals surface area contributed by atoms with Crippen LogP contribution in [0.3, 0.4) is 0 Å². The van der Waals surface area contributed by atoms with Crippen molar-refractivity contribution in [1.29, 1.82) is 0 Å². The average Bonchev–Trinajstić information content (AvgIpc) is 3.36. The van der Waals surface area contributed by atoms with Crippen molar-refractivity contribution in [2.24, 2.45) is 0 Å². The predicted octanol–water partition coefficient (Wildman–Crippen LogP) is 4.74. The molecule has 0 saturated heterocycles. The summed E-state index contributed by atoms with van der Waals surface area (Å²) in [6.45, 7) is 0.883. The van der Waals surface area contributed by atoms with Crippen molar-refractivity contribution >= 4 is 34.8 Å². The Morgan fingerprint density at radius 3 is 2.50 bits per heavy atom. The molecule has 1 aliphatic rings. The summed E-state index contributed by atoms with van der Waals surface area (Å²) in [5.41, 5.74) is 1.53. The van der Waals surface area contributed by atoms with Gasteiger partial charge in [-0.25, -0.2) is 4.39 Å². The molecular formula is C18H17Cl2FN2O. The van der Waals surface area contributed by atoms with Crippen LogP contribution in [0, 0.1) is 5.82 Å². The molecule has 1 saturated carbocycles. The fraction of sp³-hybridized carbons (Fsp3) is 0.278. The zero-order valence-electron chi connectivity index (χ0n) is 12.9. The van der Waals surface area contributed by atoms with Gasteiger partial charge in [0.2, 0.25) is 5.91 Å². The third kappa shape index (κ3) is 4.69. The second-order valence-electron chi connectivity index (χ2n) is 5.93. The van der Waals surface area contributed by atoms with Crippen molar-refractivity contribution in [1.82, 2.24) is 4.90 Å². The first-order valence-corrected chi connectivity index (χ1v) is 8.50. The second kappa shape index (κ2) is 7.51. The summed E-state index contributed by atoms with van der Waals surface area (Å²) in [6.07, 6.45) is 2.16. The van der Waals surface area contributed by atoms with E-state index in [1.165, 1.54) is 12.1 Å². The number of nitrogens with zero attached hydrogens (tertiary/aromatic N) is 1. The molecule has 0 aromatic heterocycles. The van der Waals surface area contributed by atoms with Gasteiger partial charge >= 0.3 is 0 Å². The van der Waals surface area contributed by atoms with E-state index in [1.807, 2.05) is 0 Å². The first kappa shape index (κ1) is 17.2. The number of hydrogen-bond donors (Lipinski definition) is 1. The van der Waals surface area contributed by atoms with Gasteiger partial charge in [0.25, 0.3) is 0 Å². The molecule has 0 spiro atoms. The molecule has 2 aromatic rings. The summed E-state index contributed by atoms with van der Waals surface area (Å²) in [6, 6.07) is 11.7. The summed E-state index contributed by atoms with van der Waals surface area (Å²) in [7, 11) is 0. The highest BCUT2D eigenvalue weighted by molar-refractivity contribution is 6.36. The molecule has 126 valence electrons. The third-order valence-corrected chi connectivity index (χ3v) is 4.46. The number of carbonyl (C=O) groups is 1. The molecule has 6 heteroatoms. The average molecular weight is 367 g/mol. The highest BCUT2D eigenvalue weighted by atomic mass is 35.5. The van der Waals surface area contributed by atoms with E-state index in [2.05, 4.69) is 10.2 Å². The monoisotopic (exact) mass is 366 g/mol. The summed E-state index contributed by atoms with van der Waals surface area (Å²) in [5.74, 6) is -0.389. The fourth-order valence-electron chi connectivity index (χ4n) is 2.54. The van der Waals surface area contributed by atoms with Crippen molar-refractivity contribution in [2.75, 3.05) is 11.9 Å². The highest BCUT2D eigenvalue weighted by Crippen LogP contribution is 2.29. The molecular weight excluding hydrogens is 350 g/mol. The smallest absolute Gasteiger partial charge is 0.238 e. The minimum absolute atomic E-state index is 0.131. The largest absolute Gasteiger partial charge is 0.324 e. The van der Waals surface area contributed by atoms with Crippen molar-refractivity contribution < 1.29 is 9.18 Å². The zero-order valence-corrected chi connectivity index (χ0v) is 14.4. The summed E-state index contributed by atoms with van der Waals surface area (Å²) in [5, 5.41) is 3.75. The molecule has 0 atom stereocenters. The quantitative estimate of drug-likeness (QED) is 0.800. The van der Waals surface area contributed by atoms with Crippen molar-refractivity contribution in [3.05, 3.63) is 63.9 Å². The standard InChI is InChI=1S/C18H17Cl2FN2O/c19-13-3-8-17(16(20)9-13)22-18(24)11-23(15-6-7-15)10-12-1-4-14(21)5-2-12/h1-5,8-9,15H,6-7,10-11H2,(H,22,24). The molecule has 0 unspecified atom stereocenters. The van der Waals surface area contributed by atoms with Gasteiger partial charge in [0.15, 0.2) is 0 Å². The van der Waals surface area contributed by atoms with Gasteiger partial charge in [-0.3, -0.25) is 9.69 Å². The number of hydrogen-bond acceptors (Lipinski definition) is 2. The number of benzene rings is 2. The third-order valence-electron chi connectivity index (χ3n) is 3.91. The van der Waals surface area contributed by atoms with Gasteiger partial charge in [0.1, 0.15) is 5.82 Å². The lowest BCUT2D eigenvalue weighted by Gasteiger charge is -2.21. The van der Waals surface area contributed by atoms with Crippen LogP contribution in [0.25, 0.3) is 0 Å². The van der Waals surface area contributed by atoms with Crippen LogP contribution in [0.4, 0.5) is 10.1 Å². The number of carbonyl (C=O) groups excluding carboxylic acids is 1. The maximum atomic E-state index is 13.0. The normalized spacial score (nSPS) is 14.0. The summed E-state index contributed by atoms with van der Waals surface area (Å²) < 4.78 is 13.0. The molecule has 0 aliphatic heterocycles. The molecule has 0 radical (unpaired) electrons. The Labute approximate surface area is 150 Å². The van der Waals surface area contributed by atoms with E-state index in [0.29, 0.717) is 28.3 Å². The highest BCUT2D eigenvalue weighted by Gasteiger charge is 2.30. The minimum Gasteiger partial charge on any atom is -0.324 e. The van der Waals surface area contributed by atoms with Crippen LogP contribution < -0.4 is 5.32 Å². The van der Waals surface area contributed by atoms with Crippen LogP contribution in [-0.4, -0.2) is 23.4 Å². The Kier molecular flexibility index (Phi) is 5.39. The molecule has 1 fully saturated rings. The lowest BCUT2D eigenvalue weighted by molar-refractivity contribution is -0.117. The first-order chi connectivity index (χ1) is 11.5. The van der Waals surface area contributed by atoms with E-state index in [9.17, 15) is 9.18 Å². The Balaban J connectivity index is 1.62.